The molecule has 0 aliphatic heterocycles. The van der Waals surface area contributed by atoms with Gasteiger partial charge in [-0.25, -0.2) is 0 Å². The van der Waals surface area contributed by atoms with Gasteiger partial charge in [0, 0.05) is 13.2 Å². The van der Waals surface area contributed by atoms with Crippen LogP contribution in [0.2, 0.25) is 0 Å². The van der Waals surface area contributed by atoms with Gasteiger partial charge in [-0.2, -0.15) is 0 Å². The molecule has 0 rings (SSSR count). The van der Waals surface area contributed by atoms with E-state index >= 15 is 0 Å². The molecule has 1 unspecified atom stereocenters. The lowest BCUT2D eigenvalue weighted by molar-refractivity contribution is -0.0352. The van der Waals surface area contributed by atoms with Crippen LogP contribution < -0.4 is 0 Å². The van der Waals surface area contributed by atoms with Crippen molar-refractivity contribution < 1.29 is 9.47 Å². The van der Waals surface area contributed by atoms with Crippen molar-refractivity contribution in [2.75, 3.05) is 19.8 Å². The van der Waals surface area contributed by atoms with Crippen molar-refractivity contribution in [1.82, 2.24) is 0 Å². The summed E-state index contributed by atoms with van der Waals surface area (Å²) < 4.78 is 11.5. The van der Waals surface area contributed by atoms with Crippen LogP contribution in [0.5, 0.6) is 0 Å². The molecule has 0 heterocycles. The molecule has 1 atom stereocenters. The Hall–Kier alpha value is -0.0800. The molecule has 0 saturated heterocycles. The zero-order valence-electron chi connectivity index (χ0n) is 11.8. The van der Waals surface area contributed by atoms with E-state index in [2.05, 4.69) is 34.6 Å². The number of rotatable bonds is 10. The Kier molecular flexibility index (Phi) is 10.0. The molecule has 0 N–H and O–H groups in total. The largest absolute Gasteiger partial charge is 0.378 e. The second-order valence-electron chi connectivity index (χ2n) is 5.42. The van der Waals surface area contributed by atoms with E-state index in [-0.39, 0.29) is 0 Å². The van der Waals surface area contributed by atoms with Crippen molar-refractivity contribution in [3.63, 3.8) is 0 Å². The van der Waals surface area contributed by atoms with Gasteiger partial charge in [-0.1, -0.05) is 47.5 Å². The summed E-state index contributed by atoms with van der Waals surface area (Å²) in [6, 6.07) is 0. The second-order valence-corrected chi connectivity index (χ2v) is 5.42. The Morgan fingerprint density at radius 3 is 2.00 bits per heavy atom. The number of hydrogen-bond acceptors (Lipinski definition) is 2. The summed E-state index contributed by atoms with van der Waals surface area (Å²) in [5, 5.41) is 0. The summed E-state index contributed by atoms with van der Waals surface area (Å²) in [5.74, 6) is 1.21. The first-order chi connectivity index (χ1) is 7.56. The summed E-state index contributed by atoms with van der Waals surface area (Å²) >= 11 is 0. The smallest absolute Gasteiger partial charge is 0.0808 e. The zero-order chi connectivity index (χ0) is 12.4. The highest BCUT2D eigenvalue weighted by atomic mass is 16.5. The lowest BCUT2D eigenvalue weighted by atomic mass is 10.1. The van der Waals surface area contributed by atoms with Crippen LogP contribution in [0.4, 0.5) is 0 Å². The average molecular weight is 230 g/mol. The fourth-order valence-corrected chi connectivity index (χ4v) is 1.41. The molecule has 0 radical (unpaired) electrons. The first-order valence-electron chi connectivity index (χ1n) is 6.75. The van der Waals surface area contributed by atoms with Gasteiger partial charge < -0.3 is 9.47 Å². The van der Waals surface area contributed by atoms with E-state index in [1.807, 2.05) is 0 Å². The molecule has 0 aliphatic rings. The van der Waals surface area contributed by atoms with Gasteiger partial charge in [0.15, 0.2) is 0 Å². The molecule has 0 bridgehead atoms. The fourth-order valence-electron chi connectivity index (χ4n) is 1.41. The predicted molar refractivity (Wildman–Crippen MR) is 69.8 cm³/mol. The lowest BCUT2D eigenvalue weighted by Crippen LogP contribution is -2.23. The minimum absolute atomic E-state index is 0.293. The van der Waals surface area contributed by atoms with Crippen LogP contribution >= 0.6 is 0 Å². The number of hydrogen-bond donors (Lipinski definition) is 0. The minimum Gasteiger partial charge on any atom is -0.378 e. The Morgan fingerprint density at radius 1 is 0.875 bits per heavy atom. The molecule has 0 aromatic carbocycles. The van der Waals surface area contributed by atoms with Gasteiger partial charge in [0.05, 0.1) is 12.7 Å². The maximum Gasteiger partial charge on any atom is 0.0808 e. The summed E-state index contributed by atoms with van der Waals surface area (Å²) in [6.07, 6.45) is 3.88. The minimum atomic E-state index is 0.293. The Balaban J connectivity index is 3.71. The third-order valence-corrected chi connectivity index (χ3v) is 2.30. The highest BCUT2D eigenvalue weighted by Crippen LogP contribution is 2.08. The highest BCUT2D eigenvalue weighted by molar-refractivity contribution is 4.58. The molecule has 0 aromatic heterocycles. The summed E-state index contributed by atoms with van der Waals surface area (Å²) in [5.41, 5.74) is 0. The van der Waals surface area contributed by atoms with Crippen molar-refractivity contribution in [2.45, 2.75) is 60.0 Å². The first-order valence-corrected chi connectivity index (χ1v) is 6.75. The highest BCUT2D eigenvalue weighted by Gasteiger charge is 2.10. The summed E-state index contributed by atoms with van der Waals surface area (Å²) in [7, 11) is 0. The van der Waals surface area contributed by atoms with E-state index < -0.39 is 0 Å². The second kappa shape index (κ2) is 10.1. The molecule has 16 heavy (non-hydrogen) atoms. The van der Waals surface area contributed by atoms with Crippen molar-refractivity contribution in [1.29, 1.82) is 0 Å². The normalized spacial score (nSPS) is 13.7. The lowest BCUT2D eigenvalue weighted by Gasteiger charge is -2.19. The van der Waals surface area contributed by atoms with Crippen molar-refractivity contribution in [3.05, 3.63) is 0 Å². The van der Waals surface area contributed by atoms with Gasteiger partial charge in [0.2, 0.25) is 0 Å². The average Bonchev–Trinajstić information content (AvgIpc) is 2.20. The molecule has 0 amide bonds. The van der Waals surface area contributed by atoms with Crippen molar-refractivity contribution in [3.8, 4) is 0 Å². The molecule has 98 valence electrons. The molecule has 0 fully saturated rings. The molecule has 0 saturated carbocycles. The molecule has 2 nitrogen and oxygen atoms in total. The van der Waals surface area contributed by atoms with Gasteiger partial charge in [-0.05, 0) is 18.3 Å². The predicted octanol–water partition coefficient (Wildman–Crippen LogP) is 3.89. The van der Waals surface area contributed by atoms with E-state index in [1.54, 1.807) is 0 Å². The maximum atomic E-state index is 5.86. The third kappa shape index (κ3) is 10.4. The molecule has 2 heteroatoms. The van der Waals surface area contributed by atoms with E-state index in [9.17, 15) is 0 Å². The van der Waals surface area contributed by atoms with Crippen LogP contribution in [0.15, 0.2) is 0 Å². The maximum absolute atomic E-state index is 5.86. The van der Waals surface area contributed by atoms with Crippen LogP contribution in [0.1, 0.15) is 53.9 Å². The van der Waals surface area contributed by atoms with Crippen molar-refractivity contribution in [2.24, 2.45) is 11.8 Å². The molecule has 0 aliphatic carbocycles. The molecular weight excluding hydrogens is 200 g/mol. The van der Waals surface area contributed by atoms with Gasteiger partial charge in [-0.3, -0.25) is 0 Å². The Bertz CT molecular complexity index is 144. The first kappa shape index (κ1) is 15.9. The topological polar surface area (TPSA) is 18.5 Å². The van der Waals surface area contributed by atoms with Gasteiger partial charge in [0.1, 0.15) is 0 Å². The zero-order valence-corrected chi connectivity index (χ0v) is 11.8. The van der Waals surface area contributed by atoms with Crippen LogP contribution in [-0.2, 0) is 9.47 Å². The van der Waals surface area contributed by atoms with Gasteiger partial charge in [-0.15, -0.1) is 0 Å². The van der Waals surface area contributed by atoms with Crippen LogP contribution in [-0.4, -0.2) is 25.9 Å². The van der Waals surface area contributed by atoms with E-state index in [4.69, 9.17) is 9.47 Å². The standard InChI is InChI=1S/C14H30O2/c1-6-7-8-14(16-10-13(4)5)11-15-9-12(2)3/h12-14H,6-11H2,1-5H3. The quantitative estimate of drug-likeness (QED) is 0.567. The molecule has 0 aromatic rings. The SMILES string of the molecule is CCCCC(COCC(C)C)OCC(C)C. The summed E-state index contributed by atoms with van der Waals surface area (Å²) in [6.45, 7) is 13.4. The van der Waals surface area contributed by atoms with Crippen molar-refractivity contribution >= 4 is 0 Å². The van der Waals surface area contributed by atoms with Crippen LogP contribution in [0.3, 0.4) is 0 Å². The van der Waals surface area contributed by atoms with Crippen LogP contribution in [0.25, 0.3) is 0 Å². The number of unbranched alkanes of at least 4 members (excludes halogenated alkanes) is 1. The van der Waals surface area contributed by atoms with E-state index in [1.165, 1.54) is 12.8 Å². The Morgan fingerprint density at radius 2 is 1.50 bits per heavy atom. The monoisotopic (exact) mass is 230 g/mol. The number of ether oxygens (including phenoxy) is 2. The van der Waals surface area contributed by atoms with Crippen LogP contribution in [0, 0.1) is 11.8 Å². The van der Waals surface area contributed by atoms with Gasteiger partial charge in [0.25, 0.3) is 0 Å². The summed E-state index contributed by atoms with van der Waals surface area (Å²) in [4.78, 5) is 0. The molecular formula is C14H30O2. The molecule has 0 spiro atoms. The Labute approximate surface area is 102 Å². The van der Waals surface area contributed by atoms with Gasteiger partial charge >= 0.3 is 0 Å². The van der Waals surface area contributed by atoms with E-state index in [0.29, 0.717) is 17.9 Å². The fraction of sp³-hybridized carbons (Fsp3) is 1.00. The third-order valence-electron chi connectivity index (χ3n) is 2.30. The van der Waals surface area contributed by atoms with E-state index in [0.717, 1.165) is 26.2 Å².